The van der Waals surface area contributed by atoms with E-state index in [1.807, 2.05) is 0 Å². The molecular weight excluding hydrogens is 223 g/mol. The van der Waals surface area contributed by atoms with Gasteiger partial charge >= 0.3 is 20.0 Å². The van der Waals surface area contributed by atoms with E-state index in [0.29, 0.717) is 0 Å². The molecule has 0 saturated carbocycles. The summed E-state index contributed by atoms with van der Waals surface area (Å²) in [7, 11) is -2.88. The Bertz CT molecular complexity index is 452. The van der Waals surface area contributed by atoms with E-state index in [4.69, 9.17) is 15.1 Å². The van der Waals surface area contributed by atoms with Crippen LogP contribution in [0.25, 0.3) is 0 Å². The first kappa shape index (κ1) is 11.3. The van der Waals surface area contributed by atoms with Gasteiger partial charge in [0.25, 0.3) is 0 Å². The maximum Gasteiger partial charge on any atom is 0.547 e. The van der Waals surface area contributed by atoms with Crippen molar-refractivity contribution in [3.63, 3.8) is 0 Å². The van der Waals surface area contributed by atoms with Crippen LogP contribution in [0, 0.1) is 0 Å². The summed E-state index contributed by atoms with van der Waals surface area (Å²) >= 11 is 0. The molecule has 0 aliphatic rings. The fourth-order valence-corrected chi connectivity index (χ4v) is 1.63. The maximum atomic E-state index is 10.8. The number of carbonyl (C=O) groups is 2. The Morgan fingerprint density at radius 3 is 2.13 bits per heavy atom. The van der Waals surface area contributed by atoms with E-state index in [1.54, 1.807) is 0 Å². The highest BCUT2D eigenvalue weighted by Gasteiger charge is 2.27. The molecule has 0 aliphatic heterocycles. The largest absolute Gasteiger partial charge is 0.547 e. The number of aromatic carboxylic acids is 2. The Morgan fingerprint density at radius 1 is 1.13 bits per heavy atom. The van der Waals surface area contributed by atoms with Gasteiger partial charge in [-0.25, -0.2) is 9.59 Å². The van der Waals surface area contributed by atoms with E-state index in [9.17, 15) is 14.2 Å². The Hall–Kier alpha value is -1.78. The van der Waals surface area contributed by atoms with E-state index in [1.165, 1.54) is 0 Å². The number of hydrogen-bond donors (Lipinski definition) is 3. The van der Waals surface area contributed by atoms with E-state index in [-0.39, 0.29) is 11.1 Å². The first-order chi connectivity index (χ1) is 6.93. The minimum atomic E-state index is -2.88. The zero-order valence-corrected chi connectivity index (χ0v) is 8.14. The van der Waals surface area contributed by atoms with Gasteiger partial charge in [-0.05, 0) is 16.7 Å². The lowest BCUT2D eigenvalue weighted by molar-refractivity contribution is 0.0682. The second-order valence-electron chi connectivity index (χ2n) is 2.62. The van der Waals surface area contributed by atoms with Crippen LogP contribution in [0.3, 0.4) is 0 Å². The molecule has 1 atom stereocenters. The predicted octanol–water partition coefficient (Wildman–Crippen LogP) is 0.443. The molecule has 0 spiro atoms. The standard InChI is InChI=1S/C8H5O6P/c9-7(10)4-1-2-5(8(11)12)6(3-4)15(13)14/h1-3H,(H2-,9,10,11,12,13,14)/p+1. The zero-order chi connectivity index (χ0) is 11.6. The number of benzene rings is 1. The lowest BCUT2D eigenvalue weighted by Crippen LogP contribution is -2.14. The molecule has 0 radical (unpaired) electrons. The number of carboxylic acid groups (broad SMARTS) is 2. The second-order valence-corrected chi connectivity index (χ2v) is 3.64. The molecule has 6 nitrogen and oxygen atoms in total. The molecule has 0 heterocycles. The fourth-order valence-electron chi connectivity index (χ4n) is 1.00. The third-order valence-corrected chi connectivity index (χ3v) is 2.46. The highest BCUT2D eigenvalue weighted by molar-refractivity contribution is 7.47. The molecule has 1 aromatic rings. The molecule has 0 aliphatic carbocycles. The molecule has 0 bridgehead atoms. The minimum Gasteiger partial charge on any atom is -0.478 e. The number of carboxylic acids is 2. The van der Waals surface area contributed by atoms with Crippen LogP contribution in [-0.4, -0.2) is 27.0 Å². The highest BCUT2D eigenvalue weighted by atomic mass is 31.1. The van der Waals surface area contributed by atoms with Crippen LogP contribution in [0.5, 0.6) is 0 Å². The van der Waals surface area contributed by atoms with Crippen molar-refractivity contribution in [2.75, 3.05) is 0 Å². The van der Waals surface area contributed by atoms with Gasteiger partial charge in [-0.3, -0.25) is 0 Å². The Morgan fingerprint density at radius 2 is 1.73 bits per heavy atom. The number of rotatable bonds is 3. The zero-order valence-electron chi connectivity index (χ0n) is 7.25. The van der Waals surface area contributed by atoms with Crippen LogP contribution in [0.1, 0.15) is 20.7 Å². The van der Waals surface area contributed by atoms with E-state index in [0.717, 1.165) is 18.2 Å². The van der Waals surface area contributed by atoms with Gasteiger partial charge in [0, 0.05) is 6.07 Å². The second kappa shape index (κ2) is 4.16. The van der Waals surface area contributed by atoms with Gasteiger partial charge in [-0.1, -0.05) is 0 Å². The van der Waals surface area contributed by atoms with Crippen molar-refractivity contribution >= 4 is 25.3 Å². The molecule has 78 valence electrons. The quantitative estimate of drug-likeness (QED) is 0.648. The molecule has 3 N–H and O–H groups in total. The molecular formula is C8H6O6P+. The third kappa shape index (κ3) is 2.37. The Balaban J connectivity index is 3.40. The first-order valence-electron chi connectivity index (χ1n) is 3.70. The molecule has 0 amide bonds. The maximum absolute atomic E-state index is 10.8. The lowest BCUT2D eigenvalue weighted by Gasteiger charge is -1.96. The fraction of sp³-hybridized carbons (Fsp3) is 0. The van der Waals surface area contributed by atoms with Crippen LogP contribution in [0.4, 0.5) is 0 Å². The Kier molecular flexibility index (Phi) is 3.14. The summed E-state index contributed by atoms with van der Waals surface area (Å²) in [6, 6.07) is 2.93. The van der Waals surface area contributed by atoms with Crippen LogP contribution >= 0.6 is 8.03 Å². The van der Waals surface area contributed by atoms with E-state index < -0.39 is 25.3 Å². The van der Waals surface area contributed by atoms with E-state index >= 15 is 0 Å². The molecule has 15 heavy (non-hydrogen) atoms. The molecule has 0 saturated heterocycles. The normalized spacial score (nSPS) is 10.9. The SMILES string of the molecule is O=C(O)c1ccc(C(=O)O)c([P+](=O)O)c1. The van der Waals surface area contributed by atoms with Gasteiger partial charge in [0.15, 0.2) is 0 Å². The summed E-state index contributed by atoms with van der Waals surface area (Å²) in [4.78, 5) is 30.0. The van der Waals surface area contributed by atoms with Crippen molar-refractivity contribution in [2.24, 2.45) is 0 Å². The van der Waals surface area contributed by atoms with Crippen molar-refractivity contribution in [1.82, 2.24) is 0 Å². The highest BCUT2D eigenvalue weighted by Crippen LogP contribution is 2.17. The van der Waals surface area contributed by atoms with Crippen molar-refractivity contribution < 1.29 is 29.3 Å². The van der Waals surface area contributed by atoms with Gasteiger partial charge in [0.1, 0.15) is 5.56 Å². The van der Waals surface area contributed by atoms with E-state index in [2.05, 4.69) is 0 Å². The van der Waals surface area contributed by atoms with Gasteiger partial charge in [0.05, 0.1) is 5.56 Å². The average molecular weight is 229 g/mol. The topological polar surface area (TPSA) is 112 Å². The third-order valence-electron chi connectivity index (χ3n) is 1.68. The summed E-state index contributed by atoms with van der Waals surface area (Å²) in [5.41, 5.74) is -0.601. The monoisotopic (exact) mass is 229 g/mol. The molecule has 7 heteroatoms. The van der Waals surface area contributed by atoms with Crippen LogP contribution in [-0.2, 0) is 4.57 Å². The smallest absolute Gasteiger partial charge is 0.478 e. The van der Waals surface area contributed by atoms with Crippen LogP contribution < -0.4 is 5.30 Å². The average Bonchev–Trinajstić information content (AvgIpc) is 2.16. The summed E-state index contributed by atoms with van der Waals surface area (Å²) < 4.78 is 10.8. The van der Waals surface area contributed by atoms with Gasteiger partial charge in [0.2, 0.25) is 5.30 Å². The molecule has 1 unspecified atom stereocenters. The Labute approximate surface area is 84.7 Å². The van der Waals surface area contributed by atoms with Crippen LogP contribution in [0.15, 0.2) is 18.2 Å². The van der Waals surface area contributed by atoms with Gasteiger partial charge in [-0.2, -0.15) is 4.89 Å². The van der Waals surface area contributed by atoms with Gasteiger partial charge in [-0.15, -0.1) is 0 Å². The molecule has 1 aromatic carbocycles. The molecule has 0 aromatic heterocycles. The summed E-state index contributed by atoms with van der Waals surface area (Å²) in [5, 5.41) is 16.9. The summed E-state index contributed by atoms with van der Waals surface area (Å²) in [6.45, 7) is 0. The minimum absolute atomic E-state index is 0.229. The lowest BCUT2D eigenvalue weighted by atomic mass is 10.1. The van der Waals surface area contributed by atoms with Crippen molar-refractivity contribution in [3.05, 3.63) is 29.3 Å². The predicted molar refractivity (Wildman–Crippen MR) is 49.8 cm³/mol. The van der Waals surface area contributed by atoms with Gasteiger partial charge < -0.3 is 10.2 Å². The number of hydrogen-bond acceptors (Lipinski definition) is 3. The molecule has 1 rings (SSSR count). The van der Waals surface area contributed by atoms with Crippen molar-refractivity contribution in [3.8, 4) is 0 Å². The van der Waals surface area contributed by atoms with Crippen LogP contribution in [0.2, 0.25) is 0 Å². The van der Waals surface area contributed by atoms with Crippen molar-refractivity contribution in [2.45, 2.75) is 0 Å². The summed E-state index contributed by atoms with van der Waals surface area (Å²) in [6.07, 6.45) is 0. The molecule has 0 fully saturated rings. The van der Waals surface area contributed by atoms with Crippen molar-refractivity contribution in [1.29, 1.82) is 0 Å². The first-order valence-corrected chi connectivity index (χ1v) is 4.91. The summed E-state index contributed by atoms with van der Waals surface area (Å²) in [5.74, 6) is -2.66.